The molecule has 0 spiro atoms. The van der Waals surface area contributed by atoms with E-state index < -0.39 is 0 Å². The molecule has 0 saturated carbocycles. The molecule has 1 aliphatic heterocycles. The summed E-state index contributed by atoms with van der Waals surface area (Å²) in [6.07, 6.45) is 5.26. The number of guanidine groups is 1. The Labute approximate surface area is 137 Å². The Bertz CT molecular complexity index is 454. The molecular formula is C13H23IN6. The van der Waals surface area contributed by atoms with Crippen LogP contribution in [0.4, 0.5) is 0 Å². The highest BCUT2D eigenvalue weighted by molar-refractivity contribution is 14.0. The Morgan fingerprint density at radius 1 is 1.40 bits per heavy atom. The molecule has 0 atom stereocenters. The monoisotopic (exact) mass is 390 g/mol. The molecular weight excluding hydrogens is 367 g/mol. The maximum absolute atomic E-state index is 4.52. The Morgan fingerprint density at radius 3 is 3.00 bits per heavy atom. The minimum Gasteiger partial charge on any atom is -0.357 e. The van der Waals surface area contributed by atoms with Gasteiger partial charge >= 0.3 is 0 Å². The number of hydrogen-bond acceptors (Lipinski definition) is 3. The fourth-order valence-corrected chi connectivity index (χ4v) is 2.15. The summed E-state index contributed by atoms with van der Waals surface area (Å²) >= 11 is 0. The summed E-state index contributed by atoms with van der Waals surface area (Å²) in [5, 5.41) is 14.8. The molecule has 0 aliphatic carbocycles. The van der Waals surface area contributed by atoms with Gasteiger partial charge in [0.1, 0.15) is 12.4 Å². The van der Waals surface area contributed by atoms with Crippen molar-refractivity contribution in [3.8, 4) is 0 Å². The molecule has 0 bridgehead atoms. The summed E-state index contributed by atoms with van der Waals surface area (Å²) in [7, 11) is 0. The van der Waals surface area contributed by atoms with Gasteiger partial charge in [0.2, 0.25) is 0 Å². The average molecular weight is 390 g/mol. The van der Waals surface area contributed by atoms with E-state index in [9.17, 15) is 0 Å². The molecule has 7 heteroatoms. The standard InChI is InChI=1S/C13H22N6.HI/c1-3-8-15-13(14-4-2)16-10-12-18-17-11-7-5-6-9-19(11)12;/h3H,1,4-10H2,2H3,(H2,14,15,16);1H. The van der Waals surface area contributed by atoms with Crippen LogP contribution < -0.4 is 10.6 Å². The first-order chi connectivity index (χ1) is 9.35. The van der Waals surface area contributed by atoms with Crippen molar-refractivity contribution in [1.82, 2.24) is 25.4 Å². The van der Waals surface area contributed by atoms with Crippen molar-refractivity contribution < 1.29 is 0 Å². The van der Waals surface area contributed by atoms with E-state index in [0.717, 1.165) is 37.1 Å². The molecule has 0 amide bonds. The number of aryl methyl sites for hydroxylation is 1. The van der Waals surface area contributed by atoms with E-state index >= 15 is 0 Å². The minimum atomic E-state index is 0. The minimum absolute atomic E-state index is 0. The van der Waals surface area contributed by atoms with Crippen LogP contribution in [0.2, 0.25) is 0 Å². The van der Waals surface area contributed by atoms with Crippen molar-refractivity contribution in [3.63, 3.8) is 0 Å². The first-order valence-electron chi connectivity index (χ1n) is 6.89. The Hall–Kier alpha value is -1.12. The van der Waals surface area contributed by atoms with E-state index in [1.54, 1.807) is 0 Å². The quantitative estimate of drug-likeness (QED) is 0.346. The molecule has 2 N–H and O–H groups in total. The van der Waals surface area contributed by atoms with Crippen LogP contribution in [-0.4, -0.2) is 33.8 Å². The lowest BCUT2D eigenvalue weighted by atomic mass is 10.2. The zero-order chi connectivity index (χ0) is 13.5. The summed E-state index contributed by atoms with van der Waals surface area (Å²) in [6, 6.07) is 0. The number of halogens is 1. The zero-order valence-electron chi connectivity index (χ0n) is 11.9. The summed E-state index contributed by atoms with van der Waals surface area (Å²) in [5.74, 6) is 2.83. The van der Waals surface area contributed by atoms with Gasteiger partial charge in [0.25, 0.3) is 0 Å². The maximum atomic E-state index is 4.52. The highest BCUT2D eigenvalue weighted by Crippen LogP contribution is 2.14. The van der Waals surface area contributed by atoms with Crippen LogP contribution in [0.25, 0.3) is 0 Å². The predicted octanol–water partition coefficient (Wildman–Crippen LogP) is 1.47. The largest absolute Gasteiger partial charge is 0.357 e. The lowest BCUT2D eigenvalue weighted by Gasteiger charge is -2.14. The third-order valence-corrected chi connectivity index (χ3v) is 3.07. The number of fused-ring (bicyclic) bond motifs is 1. The van der Waals surface area contributed by atoms with E-state index in [-0.39, 0.29) is 24.0 Å². The molecule has 0 unspecified atom stereocenters. The Morgan fingerprint density at radius 2 is 2.25 bits per heavy atom. The highest BCUT2D eigenvalue weighted by atomic mass is 127. The van der Waals surface area contributed by atoms with Crippen molar-refractivity contribution in [2.24, 2.45) is 4.99 Å². The summed E-state index contributed by atoms with van der Waals surface area (Å²) < 4.78 is 2.20. The van der Waals surface area contributed by atoms with Gasteiger partial charge in [-0.15, -0.1) is 40.8 Å². The van der Waals surface area contributed by atoms with Gasteiger partial charge in [-0.25, -0.2) is 4.99 Å². The van der Waals surface area contributed by atoms with Gasteiger partial charge < -0.3 is 15.2 Å². The van der Waals surface area contributed by atoms with Gasteiger partial charge in [-0.1, -0.05) is 6.08 Å². The summed E-state index contributed by atoms with van der Waals surface area (Å²) in [4.78, 5) is 4.52. The summed E-state index contributed by atoms with van der Waals surface area (Å²) in [6.45, 7) is 8.84. The number of aromatic nitrogens is 3. The molecule has 1 aromatic heterocycles. The van der Waals surface area contributed by atoms with Crippen molar-refractivity contribution in [2.45, 2.75) is 39.3 Å². The fraction of sp³-hybridized carbons (Fsp3) is 0.615. The van der Waals surface area contributed by atoms with Crippen LogP contribution in [-0.2, 0) is 19.5 Å². The van der Waals surface area contributed by atoms with E-state index in [4.69, 9.17) is 0 Å². The van der Waals surface area contributed by atoms with Gasteiger partial charge in [-0.05, 0) is 19.8 Å². The van der Waals surface area contributed by atoms with Crippen LogP contribution >= 0.6 is 24.0 Å². The number of nitrogens with one attached hydrogen (secondary N) is 2. The van der Waals surface area contributed by atoms with Crippen LogP contribution in [0.15, 0.2) is 17.6 Å². The van der Waals surface area contributed by atoms with Crippen molar-refractivity contribution >= 4 is 29.9 Å². The summed E-state index contributed by atoms with van der Waals surface area (Å²) in [5.41, 5.74) is 0. The van der Waals surface area contributed by atoms with Gasteiger partial charge in [0.15, 0.2) is 11.8 Å². The second kappa shape index (κ2) is 8.93. The lowest BCUT2D eigenvalue weighted by molar-refractivity contribution is 0.508. The molecule has 20 heavy (non-hydrogen) atoms. The average Bonchev–Trinajstić information content (AvgIpc) is 2.85. The normalized spacial score (nSPS) is 14.2. The van der Waals surface area contributed by atoms with E-state index in [0.29, 0.717) is 13.1 Å². The zero-order valence-corrected chi connectivity index (χ0v) is 14.3. The molecule has 0 radical (unpaired) electrons. The van der Waals surface area contributed by atoms with Crippen molar-refractivity contribution in [2.75, 3.05) is 13.1 Å². The Kier molecular flexibility index (Phi) is 7.56. The van der Waals surface area contributed by atoms with Gasteiger partial charge in [0, 0.05) is 26.1 Å². The predicted molar refractivity (Wildman–Crippen MR) is 91.4 cm³/mol. The molecule has 6 nitrogen and oxygen atoms in total. The fourth-order valence-electron chi connectivity index (χ4n) is 2.15. The van der Waals surface area contributed by atoms with E-state index in [2.05, 4.69) is 37.0 Å². The molecule has 0 saturated heterocycles. The number of aliphatic imine (C=N–C) groups is 1. The maximum Gasteiger partial charge on any atom is 0.191 e. The SMILES string of the molecule is C=CCNC(=NCc1nnc2n1CCCC2)NCC.I. The smallest absolute Gasteiger partial charge is 0.191 e. The van der Waals surface area contributed by atoms with Crippen LogP contribution in [0.3, 0.4) is 0 Å². The molecule has 0 fully saturated rings. The number of hydrogen-bond donors (Lipinski definition) is 2. The van der Waals surface area contributed by atoms with Crippen LogP contribution in [0.1, 0.15) is 31.4 Å². The molecule has 112 valence electrons. The second-order valence-electron chi connectivity index (χ2n) is 4.51. The topological polar surface area (TPSA) is 67.1 Å². The first-order valence-corrected chi connectivity index (χ1v) is 6.89. The highest BCUT2D eigenvalue weighted by Gasteiger charge is 2.15. The first kappa shape index (κ1) is 16.9. The lowest BCUT2D eigenvalue weighted by Crippen LogP contribution is -2.37. The van der Waals surface area contributed by atoms with Crippen molar-refractivity contribution in [3.05, 3.63) is 24.3 Å². The van der Waals surface area contributed by atoms with Gasteiger partial charge in [0.05, 0.1) is 0 Å². The van der Waals surface area contributed by atoms with E-state index in [1.807, 2.05) is 13.0 Å². The molecule has 2 rings (SSSR count). The Balaban J connectivity index is 0.00000200. The van der Waals surface area contributed by atoms with Crippen molar-refractivity contribution in [1.29, 1.82) is 0 Å². The van der Waals surface area contributed by atoms with Gasteiger partial charge in [-0.2, -0.15) is 0 Å². The molecule has 2 heterocycles. The third-order valence-electron chi connectivity index (χ3n) is 3.07. The molecule has 0 aromatic carbocycles. The van der Waals surface area contributed by atoms with Crippen LogP contribution in [0.5, 0.6) is 0 Å². The molecule has 1 aliphatic rings. The van der Waals surface area contributed by atoms with E-state index in [1.165, 1.54) is 12.8 Å². The molecule has 1 aromatic rings. The number of rotatable bonds is 5. The third kappa shape index (κ3) is 4.46. The van der Waals surface area contributed by atoms with Crippen LogP contribution in [0, 0.1) is 0 Å². The number of nitrogens with zero attached hydrogens (tertiary/aromatic N) is 4. The second-order valence-corrected chi connectivity index (χ2v) is 4.51. The van der Waals surface area contributed by atoms with Gasteiger partial charge in [-0.3, -0.25) is 0 Å².